The molecule has 0 aliphatic carbocycles. The highest BCUT2D eigenvalue weighted by atomic mass is 16.5. The fraction of sp³-hybridized carbons (Fsp3) is 0.818. The van der Waals surface area contributed by atoms with Gasteiger partial charge in [-0.25, -0.2) is 0 Å². The molecule has 0 spiro atoms. The molecule has 2 heteroatoms. The van der Waals surface area contributed by atoms with Crippen LogP contribution in [-0.4, -0.2) is 13.2 Å². The molecule has 0 bridgehead atoms. The van der Waals surface area contributed by atoms with Crippen LogP contribution in [-0.2, 0) is 9.47 Å². The van der Waals surface area contributed by atoms with Crippen LogP contribution in [0, 0.1) is 6.26 Å². The van der Waals surface area contributed by atoms with E-state index in [2.05, 4.69) is 27.0 Å². The molecule has 0 rings (SSSR count). The van der Waals surface area contributed by atoms with E-state index < -0.39 is 0 Å². The first-order valence-electron chi connectivity index (χ1n) is 5.21. The minimum atomic E-state index is 0.725. The van der Waals surface area contributed by atoms with Crippen LogP contribution in [0.5, 0.6) is 0 Å². The molecule has 0 saturated heterocycles. The molecule has 0 amide bonds. The van der Waals surface area contributed by atoms with Crippen LogP contribution in [0.4, 0.5) is 0 Å². The Hall–Kier alpha value is -0.660. The Morgan fingerprint density at radius 3 is 2.23 bits per heavy atom. The summed E-state index contributed by atoms with van der Waals surface area (Å²) in [6.07, 6.45) is 6.89. The lowest BCUT2D eigenvalue weighted by molar-refractivity contribution is 0.156. The van der Waals surface area contributed by atoms with Gasteiger partial charge in [0.25, 0.3) is 0 Å². The smallest absolute Gasteiger partial charge is 0.202 e. The van der Waals surface area contributed by atoms with Crippen molar-refractivity contribution in [2.45, 2.75) is 46.5 Å². The summed E-state index contributed by atoms with van der Waals surface area (Å²) >= 11 is 0. The largest absolute Gasteiger partial charge is 0.494 e. The molecule has 0 aromatic heterocycles. The molecule has 0 N–H and O–H groups in total. The van der Waals surface area contributed by atoms with E-state index in [4.69, 9.17) is 9.47 Å². The molecule has 0 aliphatic heterocycles. The second kappa shape index (κ2) is 9.43. The summed E-state index contributed by atoms with van der Waals surface area (Å²) in [6, 6.07) is 0. The maximum Gasteiger partial charge on any atom is 0.202 e. The van der Waals surface area contributed by atoms with E-state index in [9.17, 15) is 0 Å². The van der Waals surface area contributed by atoms with E-state index in [0.717, 1.165) is 44.7 Å². The molecule has 0 heterocycles. The lowest BCUT2D eigenvalue weighted by Crippen LogP contribution is -1.96. The highest BCUT2D eigenvalue weighted by molar-refractivity contribution is 4.81. The van der Waals surface area contributed by atoms with Gasteiger partial charge in [0.15, 0.2) is 0 Å². The number of allylic oxidation sites excluding steroid dienone is 1. The Morgan fingerprint density at radius 1 is 1.00 bits per heavy atom. The molecule has 13 heavy (non-hydrogen) atoms. The number of hydrogen-bond acceptors (Lipinski definition) is 2. The van der Waals surface area contributed by atoms with Crippen LogP contribution >= 0.6 is 0 Å². The highest BCUT2D eigenvalue weighted by Crippen LogP contribution is 2.06. The predicted octanol–water partition coefficient (Wildman–Crippen LogP) is 3.28. The molecule has 0 fully saturated rings. The van der Waals surface area contributed by atoms with Crippen molar-refractivity contribution in [2.75, 3.05) is 13.2 Å². The molecule has 0 aliphatic rings. The third-order valence-electron chi connectivity index (χ3n) is 1.45. The minimum absolute atomic E-state index is 0.725. The van der Waals surface area contributed by atoms with Gasteiger partial charge in [0.05, 0.1) is 13.2 Å². The minimum Gasteiger partial charge on any atom is -0.494 e. The summed E-state index contributed by atoms with van der Waals surface area (Å²) < 4.78 is 10.6. The first-order valence-corrected chi connectivity index (χ1v) is 5.21. The second-order valence-corrected chi connectivity index (χ2v) is 2.97. The van der Waals surface area contributed by atoms with E-state index in [0.29, 0.717) is 0 Å². The normalized spacial score (nSPS) is 11.5. The predicted molar refractivity (Wildman–Crippen MR) is 54.2 cm³/mol. The van der Waals surface area contributed by atoms with Crippen LogP contribution in [0.2, 0.25) is 0 Å². The first-order chi connectivity index (χ1) is 6.35. The lowest BCUT2D eigenvalue weighted by atomic mass is 10.3. The van der Waals surface area contributed by atoms with Gasteiger partial charge in [-0.15, -0.1) is 0 Å². The van der Waals surface area contributed by atoms with Crippen LogP contribution in [0.1, 0.15) is 46.5 Å². The van der Waals surface area contributed by atoms with Crippen molar-refractivity contribution in [3.05, 3.63) is 12.0 Å². The molecule has 0 aromatic carbocycles. The van der Waals surface area contributed by atoms with Gasteiger partial charge in [-0.2, -0.15) is 0 Å². The summed E-state index contributed by atoms with van der Waals surface area (Å²) in [5, 5.41) is 0. The molecule has 1 radical (unpaired) electrons. The molecule has 0 saturated carbocycles. The average Bonchev–Trinajstić information content (AvgIpc) is 2.14. The topological polar surface area (TPSA) is 18.5 Å². The Bertz CT molecular complexity index is 130. The second-order valence-electron chi connectivity index (χ2n) is 2.97. The molecule has 0 aromatic rings. The fourth-order valence-electron chi connectivity index (χ4n) is 0.839. The van der Waals surface area contributed by atoms with Crippen molar-refractivity contribution < 1.29 is 9.47 Å². The zero-order chi connectivity index (χ0) is 9.94. The lowest BCUT2D eigenvalue weighted by Gasteiger charge is -2.07. The van der Waals surface area contributed by atoms with Crippen LogP contribution < -0.4 is 0 Å². The van der Waals surface area contributed by atoms with Crippen molar-refractivity contribution in [1.29, 1.82) is 0 Å². The number of ether oxygens (including phenoxy) is 2. The fourth-order valence-corrected chi connectivity index (χ4v) is 0.839. The third kappa shape index (κ3) is 7.69. The van der Waals surface area contributed by atoms with E-state index in [1.165, 1.54) is 0 Å². The van der Waals surface area contributed by atoms with Gasteiger partial charge >= 0.3 is 0 Å². The maximum atomic E-state index is 5.46. The quantitative estimate of drug-likeness (QED) is 0.427. The van der Waals surface area contributed by atoms with Gasteiger partial charge in [0.2, 0.25) is 6.26 Å². The standard InChI is InChI=1S/C11H21O2/c1-4-7-11(13-9-6-3)10-12-8-5-2/h4-9H2,1-3H3. The zero-order valence-corrected chi connectivity index (χ0v) is 9.06. The van der Waals surface area contributed by atoms with E-state index in [1.807, 2.05) is 0 Å². The molecular formula is C11H21O2. The zero-order valence-electron chi connectivity index (χ0n) is 9.06. The third-order valence-corrected chi connectivity index (χ3v) is 1.45. The Kier molecular flexibility index (Phi) is 8.95. The van der Waals surface area contributed by atoms with Gasteiger partial charge in [0.1, 0.15) is 5.76 Å². The Labute approximate surface area is 81.9 Å². The SMILES string of the molecule is CCCO/[C]=C(\CCC)OCCC. The van der Waals surface area contributed by atoms with E-state index >= 15 is 0 Å². The summed E-state index contributed by atoms with van der Waals surface area (Å²) in [6.45, 7) is 7.78. The van der Waals surface area contributed by atoms with Crippen molar-refractivity contribution >= 4 is 0 Å². The van der Waals surface area contributed by atoms with Gasteiger partial charge in [-0.05, 0) is 19.3 Å². The van der Waals surface area contributed by atoms with Gasteiger partial charge in [-0.3, -0.25) is 0 Å². The van der Waals surface area contributed by atoms with Crippen LogP contribution in [0.15, 0.2) is 5.76 Å². The van der Waals surface area contributed by atoms with Gasteiger partial charge in [0, 0.05) is 6.42 Å². The Balaban J connectivity index is 3.69. The summed E-state index contributed by atoms with van der Waals surface area (Å²) in [5.41, 5.74) is 0. The van der Waals surface area contributed by atoms with Crippen molar-refractivity contribution in [1.82, 2.24) is 0 Å². The maximum absolute atomic E-state index is 5.46. The average molecular weight is 185 g/mol. The number of hydrogen-bond donors (Lipinski definition) is 0. The van der Waals surface area contributed by atoms with E-state index in [-0.39, 0.29) is 0 Å². The van der Waals surface area contributed by atoms with E-state index in [1.54, 1.807) is 0 Å². The molecule has 0 atom stereocenters. The van der Waals surface area contributed by atoms with Crippen LogP contribution in [0.3, 0.4) is 0 Å². The van der Waals surface area contributed by atoms with Gasteiger partial charge in [-0.1, -0.05) is 20.8 Å². The summed E-state index contributed by atoms with van der Waals surface area (Å²) in [4.78, 5) is 0. The highest BCUT2D eigenvalue weighted by Gasteiger charge is 1.97. The monoisotopic (exact) mass is 185 g/mol. The summed E-state index contributed by atoms with van der Waals surface area (Å²) in [5.74, 6) is 0.859. The molecule has 0 unspecified atom stereocenters. The van der Waals surface area contributed by atoms with Crippen molar-refractivity contribution in [3.63, 3.8) is 0 Å². The van der Waals surface area contributed by atoms with Crippen molar-refractivity contribution in [2.24, 2.45) is 0 Å². The first kappa shape index (κ1) is 12.3. The van der Waals surface area contributed by atoms with Gasteiger partial charge < -0.3 is 9.47 Å². The molecule has 2 nitrogen and oxygen atoms in total. The summed E-state index contributed by atoms with van der Waals surface area (Å²) in [7, 11) is 0. The molecule has 77 valence electrons. The molecular weight excluding hydrogens is 164 g/mol. The van der Waals surface area contributed by atoms with Crippen LogP contribution in [0.25, 0.3) is 0 Å². The Morgan fingerprint density at radius 2 is 1.69 bits per heavy atom. The van der Waals surface area contributed by atoms with Crippen molar-refractivity contribution in [3.8, 4) is 0 Å². The number of rotatable bonds is 8.